The number of amides is 1. The van der Waals surface area contributed by atoms with Crippen molar-refractivity contribution >= 4 is 33.4 Å². The molecule has 0 aliphatic heterocycles. The molecule has 2 aromatic heterocycles. The molecule has 0 radical (unpaired) electrons. The molecule has 1 atom stereocenters. The smallest absolute Gasteiger partial charge is 0.239 e. The number of carbonyl (C=O) groups excluding carboxylic acids is 1. The summed E-state index contributed by atoms with van der Waals surface area (Å²) in [5.41, 5.74) is 9.98. The summed E-state index contributed by atoms with van der Waals surface area (Å²) >= 11 is 1.74. The molecule has 3 aromatic rings. The number of thiophene rings is 1. The van der Waals surface area contributed by atoms with E-state index in [4.69, 9.17) is 10.7 Å². The summed E-state index contributed by atoms with van der Waals surface area (Å²) in [5, 5.41) is 4.20. The highest BCUT2D eigenvalue weighted by Gasteiger charge is 2.23. The first-order valence-corrected chi connectivity index (χ1v) is 9.30. The van der Waals surface area contributed by atoms with Crippen LogP contribution in [0.25, 0.3) is 21.5 Å². The summed E-state index contributed by atoms with van der Waals surface area (Å²) in [6, 6.07) is 7.86. The lowest BCUT2D eigenvalue weighted by Crippen LogP contribution is -2.33. The second-order valence-electron chi connectivity index (χ2n) is 6.57. The Morgan fingerprint density at radius 3 is 2.72 bits per heavy atom. The van der Waals surface area contributed by atoms with Gasteiger partial charge < -0.3 is 11.1 Å². The number of hydrogen-bond donors (Lipinski definition) is 2. The summed E-state index contributed by atoms with van der Waals surface area (Å²) in [4.78, 5) is 23.2. The lowest BCUT2D eigenvalue weighted by Gasteiger charge is -2.12. The van der Waals surface area contributed by atoms with Crippen LogP contribution in [0, 0.1) is 6.92 Å². The monoisotopic (exact) mass is 352 g/mol. The topological polar surface area (TPSA) is 80.9 Å². The Labute approximate surface area is 150 Å². The molecule has 4 rings (SSSR count). The normalized spacial score (nSPS) is 14.5. The molecule has 1 unspecified atom stereocenters. The second-order valence-corrected chi connectivity index (χ2v) is 7.65. The van der Waals surface area contributed by atoms with Gasteiger partial charge in [0.15, 0.2) is 0 Å². The van der Waals surface area contributed by atoms with Crippen molar-refractivity contribution in [3.05, 3.63) is 40.3 Å². The molecule has 5 nitrogen and oxygen atoms in total. The third-order valence-electron chi connectivity index (χ3n) is 4.66. The van der Waals surface area contributed by atoms with E-state index in [0.717, 1.165) is 28.9 Å². The van der Waals surface area contributed by atoms with E-state index in [0.29, 0.717) is 5.95 Å². The van der Waals surface area contributed by atoms with Gasteiger partial charge in [0.2, 0.25) is 11.9 Å². The Morgan fingerprint density at radius 1 is 1.24 bits per heavy atom. The first kappa shape index (κ1) is 16.0. The number of rotatable bonds is 4. The van der Waals surface area contributed by atoms with Crippen LogP contribution in [-0.2, 0) is 17.6 Å². The fraction of sp³-hybridized carbons (Fsp3) is 0.316. The Balaban J connectivity index is 1.90. The number of aromatic nitrogens is 2. The standard InChI is InChI=1S/C19H20N4OS/c1-10-6-8-12(9-7-10)16-15-13-4-3-5-14(13)25-18(15)23-19(22-16)21-11(2)17(20)24/h6-9,11H,3-5H2,1-2H3,(H2,20,24)(H,21,22,23). The van der Waals surface area contributed by atoms with Gasteiger partial charge in [-0.25, -0.2) is 9.97 Å². The van der Waals surface area contributed by atoms with Crippen LogP contribution in [0.5, 0.6) is 0 Å². The minimum Gasteiger partial charge on any atom is -0.368 e. The molecule has 0 saturated heterocycles. The van der Waals surface area contributed by atoms with Crippen molar-refractivity contribution < 1.29 is 4.79 Å². The van der Waals surface area contributed by atoms with Crippen molar-refractivity contribution in [3.8, 4) is 11.3 Å². The number of primary amides is 1. The molecular formula is C19H20N4OS. The molecule has 1 aromatic carbocycles. The number of hydrogen-bond acceptors (Lipinski definition) is 5. The molecule has 0 fully saturated rings. The Kier molecular flexibility index (Phi) is 3.92. The molecule has 2 heterocycles. The number of nitrogens with zero attached hydrogens (tertiary/aromatic N) is 2. The molecule has 1 aliphatic carbocycles. The van der Waals surface area contributed by atoms with Crippen LogP contribution in [0.4, 0.5) is 5.95 Å². The highest BCUT2D eigenvalue weighted by Crippen LogP contribution is 2.41. The number of fused-ring (bicyclic) bond motifs is 3. The molecule has 6 heteroatoms. The van der Waals surface area contributed by atoms with Gasteiger partial charge in [-0.3, -0.25) is 4.79 Å². The maximum atomic E-state index is 11.4. The maximum Gasteiger partial charge on any atom is 0.239 e. The molecule has 128 valence electrons. The van der Waals surface area contributed by atoms with Crippen LogP contribution in [-0.4, -0.2) is 21.9 Å². The zero-order valence-electron chi connectivity index (χ0n) is 14.3. The summed E-state index contributed by atoms with van der Waals surface area (Å²) in [7, 11) is 0. The van der Waals surface area contributed by atoms with E-state index in [2.05, 4.69) is 41.5 Å². The fourth-order valence-corrected chi connectivity index (χ4v) is 4.51. The van der Waals surface area contributed by atoms with Crippen LogP contribution >= 0.6 is 11.3 Å². The third kappa shape index (κ3) is 2.87. The predicted molar refractivity (Wildman–Crippen MR) is 102 cm³/mol. The maximum absolute atomic E-state index is 11.4. The van der Waals surface area contributed by atoms with Crippen LogP contribution in [0.15, 0.2) is 24.3 Å². The zero-order chi connectivity index (χ0) is 17.6. The van der Waals surface area contributed by atoms with Gasteiger partial charge in [0, 0.05) is 15.8 Å². The van der Waals surface area contributed by atoms with Gasteiger partial charge >= 0.3 is 0 Å². The van der Waals surface area contributed by atoms with Gasteiger partial charge in [0.1, 0.15) is 10.9 Å². The number of carbonyl (C=O) groups is 1. The number of anilines is 1. The Hall–Kier alpha value is -2.47. The van der Waals surface area contributed by atoms with E-state index in [1.807, 2.05) is 0 Å². The number of benzene rings is 1. The third-order valence-corrected chi connectivity index (χ3v) is 5.85. The van der Waals surface area contributed by atoms with E-state index >= 15 is 0 Å². The van der Waals surface area contributed by atoms with Crippen LogP contribution < -0.4 is 11.1 Å². The molecule has 0 bridgehead atoms. The number of nitrogens with two attached hydrogens (primary N) is 1. The molecule has 0 spiro atoms. The second kappa shape index (κ2) is 6.11. The van der Waals surface area contributed by atoms with Crippen LogP contribution in [0.2, 0.25) is 0 Å². The predicted octanol–water partition coefficient (Wildman–Crippen LogP) is 3.44. The SMILES string of the molecule is Cc1ccc(-c2nc(NC(C)C(N)=O)nc3sc4c(c23)CCC4)cc1. The van der Waals surface area contributed by atoms with Crippen molar-refractivity contribution in [2.45, 2.75) is 39.2 Å². The van der Waals surface area contributed by atoms with Gasteiger partial charge in [0.25, 0.3) is 0 Å². The summed E-state index contributed by atoms with van der Waals surface area (Å²) in [6.45, 7) is 3.79. The van der Waals surface area contributed by atoms with Crippen molar-refractivity contribution in [2.75, 3.05) is 5.32 Å². The van der Waals surface area contributed by atoms with E-state index < -0.39 is 11.9 Å². The van der Waals surface area contributed by atoms with E-state index in [-0.39, 0.29) is 0 Å². The summed E-state index contributed by atoms with van der Waals surface area (Å²) in [6.07, 6.45) is 3.40. The molecular weight excluding hydrogens is 332 g/mol. The van der Waals surface area contributed by atoms with Gasteiger partial charge in [-0.2, -0.15) is 0 Å². The van der Waals surface area contributed by atoms with Gasteiger partial charge in [-0.1, -0.05) is 29.8 Å². The lowest BCUT2D eigenvalue weighted by molar-refractivity contribution is -0.118. The Morgan fingerprint density at radius 2 is 2.00 bits per heavy atom. The van der Waals surface area contributed by atoms with Crippen molar-refractivity contribution in [1.29, 1.82) is 0 Å². The minimum absolute atomic E-state index is 0.422. The minimum atomic E-state index is -0.518. The lowest BCUT2D eigenvalue weighted by atomic mass is 10.0. The van der Waals surface area contributed by atoms with Crippen LogP contribution in [0.1, 0.15) is 29.3 Å². The van der Waals surface area contributed by atoms with E-state index in [1.54, 1.807) is 18.3 Å². The highest BCUT2D eigenvalue weighted by molar-refractivity contribution is 7.19. The number of aryl methyl sites for hydroxylation is 3. The van der Waals surface area contributed by atoms with Gasteiger partial charge in [-0.05, 0) is 38.7 Å². The summed E-state index contributed by atoms with van der Waals surface area (Å²) < 4.78 is 0. The first-order chi connectivity index (χ1) is 12.0. The van der Waals surface area contributed by atoms with Crippen molar-refractivity contribution in [3.63, 3.8) is 0 Å². The van der Waals surface area contributed by atoms with Gasteiger partial charge in [-0.15, -0.1) is 11.3 Å². The average molecular weight is 352 g/mol. The average Bonchev–Trinajstić information content (AvgIpc) is 3.15. The number of nitrogens with one attached hydrogen (secondary N) is 1. The largest absolute Gasteiger partial charge is 0.368 e. The Bertz CT molecular complexity index is 962. The highest BCUT2D eigenvalue weighted by atomic mass is 32.1. The van der Waals surface area contributed by atoms with Crippen LogP contribution in [0.3, 0.4) is 0 Å². The molecule has 1 aliphatic rings. The molecule has 0 saturated carbocycles. The van der Waals surface area contributed by atoms with E-state index in [1.165, 1.54) is 27.8 Å². The molecule has 1 amide bonds. The first-order valence-electron chi connectivity index (χ1n) is 8.48. The van der Waals surface area contributed by atoms with Gasteiger partial charge in [0.05, 0.1) is 5.69 Å². The van der Waals surface area contributed by atoms with E-state index in [9.17, 15) is 4.79 Å². The van der Waals surface area contributed by atoms with Crippen molar-refractivity contribution in [2.24, 2.45) is 5.73 Å². The van der Waals surface area contributed by atoms with Crippen molar-refractivity contribution in [1.82, 2.24) is 9.97 Å². The quantitative estimate of drug-likeness (QED) is 0.754. The summed E-state index contributed by atoms with van der Waals surface area (Å²) in [5.74, 6) is 0.0311. The zero-order valence-corrected chi connectivity index (χ0v) is 15.1. The fourth-order valence-electron chi connectivity index (χ4n) is 3.25. The molecule has 25 heavy (non-hydrogen) atoms. The molecule has 3 N–H and O–H groups in total.